The van der Waals surface area contributed by atoms with Gasteiger partial charge in [0.15, 0.2) is 0 Å². The van der Waals surface area contributed by atoms with E-state index in [1.54, 1.807) is 0 Å². The van der Waals surface area contributed by atoms with Gasteiger partial charge in [-0.3, -0.25) is 5.32 Å². The van der Waals surface area contributed by atoms with Gasteiger partial charge in [0.05, 0.1) is 0 Å². The summed E-state index contributed by atoms with van der Waals surface area (Å²) in [6.45, 7) is 4.13. The maximum Gasteiger partial charge on any atom is 0.411 e. The zero-order valence-corrected chi connectivity index (χ0v) is 8.41. The number of benzene rings is 1. The first-order valence-corrected chi connectivity index (χ1v) is 4.47. The second kappa shape index (κ2) is 4.65. The van der Waals surface area contributed by atoms with Crippen molar-refractivity contribution in [3.8, 4) is 0 Å². The van der Waals surface area contributed by atoms with E-state index in [0.29, 0.717) is 5.92 Å². The quantitative estimate of drug-likeness (QED) is 0.781. The van der Waals surface area contributed by atoms with Crippen molar-refractivity contribution in [2.45, 2.75) is 19.8 Å². The van der Waals surface area contributed by atoms with Crippen LogP contribution in [0.3, 0.4) is 0 Å². The Morgan fingerprint density at radius 2 is 2.07 bits per heavy atom. The van der Waals surface area contributed by atoms with E-state index >= 15 is 0 Å². The monoisotopic (exact) mass is 192 g/mol. The molecule has 3 nitrogen and oxygen atoms in total. The fourth-order valence-corrected chi connectivity index (χ4v) is 1.26. The highest BCUT2D eigenvalue weighted by atomic mass is 16.5. The number of hydrogen-bond acceptors (Lipinski definition) is 2. The molecule has 0 spiro atoms. The minimum Gasteiger partial charge on any atom is -0.446 e. The lowest BCUT2D eigenvalue weighted by atomic mass is 10.0. The summed E-state index contributed by atoms with van der Waals surface area (Å²) in [5, 5.41) is 2.62. The molecule has 1 rings (SSSR count). The Morgan fingerprint density at radius 3 is 2.64 bits per heavy atom. The predicted molar refractivity (Wildman–Crippen MR) is 56.0 cm³/mol. The Labute approximate surface area is 84.1 Å². The van der Waals surface area contributed by atoms with Crippen molar-refractivity contribution in [2.24, 2.45) is 0 Å². The summed E-state index contributed by atoms with van der Waals surface area (Å²) in [6, 6.07) is 7.62. The van der Waals surface area contributed by atoms with Crippen LogP contribution in [-0.4, -0.2) is 6.09 Å². The lowest BCUT2D eigenvalue weighted by Crippen LogP contribution is -2.11. The van der Waals surface area contributed by atoms with E-state index in [4.69, 9.17) is 0 Å². The number of carbonyl (C=O) groups excluding carboxylic acids is 1. The average molecular weight is 192 g/mol. The second-order valence-electron chi connectivity index (χ2n) is 3.30. The maximum atomic E-state index is 11.0. The number of hydrogen-bond donors (Lipinski definition) is 1. The number of para-hydroxylation sites is 1. The molecular formula is C11H14NO2. The molecule has 0 atom stereocenters. The smallest absolute Gasteiger partial charge is 0.411 e. The van der Waals surface area contributed by atoms with Crippen LogP contribution in [-0.2, 0) is 4.74 Å². The minimum atomic E-state index is -0.543. The molecule has 0 aromatic heterocycles. The number of anilines is 1. The van der Waals surface area contributed by atoms with E-state index in [1.165, 1.54) is 0 Å². The lowest BCUT2D eigenvalue weighted by molar-refractivity contribution is 0.199. The molecular weight excluding hydrogens is 178 g/mol. The van der Waals surface area contributed by atoms with Crippen molar-refractivity contribution in [3.63, 3.8) is 0 Å². The van der Waals surface area contributed by atoms with Gasteiger partial charge in [-0.15, -0.1) is 0 Å². The van der Waals surface area contributed by atoms with Crippen LogP contribution in [0.1, 0.15) is 25.3 Å². The van der Waals surface area contributed by atoms with Gasteiger partial charge in [-0.2, -0.15) is 0 Å². The molecule has 1 radical (unpaired) electrons. The molecule has 0 unspecified atom stereocenters. The normalized spacial score (nSPS) is 10.0. The standard InChI is InChI=1S/C11H14NO2/c1-8(2)9-6-4-5-7-10(9)12-11(13)14-3/h4-8H,3H2,1-2H3,(H,12,13). The Bertz CT molecular complexity index is 321. The van der Waals surface area contributed by atoms with Crippen molar-refractivity contribution >= 4 is 11.8 Å². The van der Waals surface area contributed by atoms with Crippen LogP contribution in [0.15, 0.2) is 24.3 Å². The van der Waals surface area contributed by atoms with Crippen molar-refractivity contribution < 1.29 is 9.53 Å². The van der Waals surface area contributed by atoms with Crippen LogP contribution < -0.4 is 5.32 Å². The molecule has 0 aliphatic heterocycles. The van der Waals surface area contributed by atoms with Crippen molar-refractivity contribution in [1.82, 2.24) is 0 Å². The molecule has 0 aliphatic carbocycles. The van der Waals surface area contributed by atoms with Crippen molar-refractivity contribution in [1.29, 1.82) is 0 Å². The van der Waals surface area contributed by atoms with E-state index in [9.17, 15) is 4.79 Å². The third-order valence-electron chi connectivity index (χ3n) is 1.95. The fraction of sp³-hybridized carbons (Fsp3) is 0.273. The summed E-state index contributed by atoms with van der Waals surface area (Å²) >= 11 is 0. The summed E-state index contributed by atoms with van der Waals surface area (Å²) in [5.41, 5.74) is 1.86. The maximum absolute atomic E-state index is 11.0. The molecule has 1 aromatic carbocycles. The predicted octanol–water partition coefficient (Wildman–Crippen LogP) is 3.15. The molecule has 0 heterocycles. The van der Waals surface area contributed by atoms with Crippen LogP contribution in [0.4, 0.5) is 10.5 Å². The molecule has 0 saturated heterocycles. The van der Waals surface area contributed by atoms with Crippen molar-refractivity contribution in [2.75, 3.05) is 5.32 Å². The Morgan fingerprint density at radius 1 is 1.43 bits per heavy atom. The molecule has 1 N–H and O–H groups in total. The summed E-state index contributed by atoms with van der Waals surface area (Å²) < 4.78 is 4.29. The van der Waals surface area contributed by atoms with Gasteiger partial charge in [0.25, 0.3) is 0 Å². The minimum absolute atomic E-state index is 0.358. The van der Waals surface area contributed by atoms with E-state index < -0.39 is 6.09 Å². The van der Waals surface area contributed by atoms with E-state index in [0.717, 1.165) is 11.3 Å². The molecule has 1 aromatic rings. The van der Waals surface area contributed by atoms with Gasteiger partial charge in [0.2, 0.25) is 0 Å². The summed E-state index contributed by atoms with van der Waals surface area (Å²) in [7, 11) is 3.04. The summed E-state index contributed by atoms with van der Waals surface area (Å²) in [6.07, 6.45) is -0.543. The zero-order chi connectivity index (χ0) is 10.6. The summed E-state index contributed by atoms with van der Waals surface area (Å²) in [4.78, 5) is 11.0. The number of nitrogens with one attached hydrogen (secondary N) is 1. The highest BCUT2D eigenvalue weighted by molar-refractivity contribution is 5.85. The number of ether oxygens (including phenoxy) is 1. The second-order valence-corrected chi connectivity index (χ2v) is 3.30. The van der Waals surface area contributed by atoms with E-state index in [2.05, 4.69) is 31.0 Å². The molecule has 0 bridgehead atoms. The number of amides is 1. The van der Waals surface area contributed by atoms with Gasteiger partial charge in [0.1, 0.15) is 7.11 Å². The highest BCUT2D eigenvalue weighted by Gasteiger charge is 2.08. The first-order valence-electron chi connectivity index (χ1n) is 4.47. The Hall–Kier alpha value is -1.51. The largest absolute Gasteiger partial charge is 0.446 e. The molecule has 0 aliphatic rings. The van der Waals surface area contributed by atoms with Crippen molar-refractivity contribution in [3.05, 3.63) is 36.9 Å². The Balaban J connectivity index is 2.90. The Kier molecular flexibility index (Phi) is 3.51. The zero-order valence-electron chi connectivity index (χ0n) is 8.41. The van der Waals surface area contributed by atoms with Gasteiger partial charge in [0, 0.05) is 5.69 Å². The molecule has 14 heavy (non-hydrogen) atoms. The molecule has 75 valence electrons. The topological polar surface area (TPSA) is 38.3 Å². The third kappa shape index (κ3) is 2.49. The third-order valence-corrected chi connectivity index (χ3v) is 1.95. The van der Waals surface area contributed by atoms with Gasteiger partial charge >= 0.3 is 6.09 Å². The first-order chi connectivity index (χ1) is 6.65. The molecule has 0 saturated carbocycles. The van der Waals surface area contributed by atoms with Gasteiger partial charge in [-0.05, 0) is 17.5 Å². The first kappa shape index (κ1) is 10.6. The summed E-state index contributed by atoms with van der Waals surface area (Å²) in [5.74, 6) is 0.358. The van der Waals surface area contributed by atoms with Crippen LogP contribution in [0, 0.1) is 7.11 Å². The SMILES string of the molecule is [CH2]OC(=O)Nc1ccccc1C(C)C. The lowest BCUT2D eigenvalue weighted by Gasteiger charge is -2.12. The van der Waals surface area contributed by atoms with E-state index in [1.807, 2.05) is 24.3 Å². The van der Waals surface area contributed by atoms with Crippen LogP contribution in [0.25, 0.3) is 0 Å². The number of rotatable bonds is 2. The molecule has 1 amide bonds. The van der Waals surface area contributed by atoms with Crippen LogP contribution in [0.5, 0.6) is 0 Å². The van der Waals surface area contributed by atoms with Gasteiger partial charge < -0.3 is 4.74 Å². The van der Waals surface area contributed by atoms with Gasteiger partial charge in [-0.25, -0.2) is 4.79 Å². The van der Waals surface area contributed by atoms with Crippen LogP contribution >= 0.6 is 0 Å². The highest BCUT2D eigenvalue weighted by Crippen LogP contribution is 2.23. The number of carbonyl (C=O) groups is 1. The van der Waals surface area contributed by atoms with E-state index in [-0.39, 0.29) is 0 Å². The van der Waals surface area contributed by atoms with Crippen LogP contribution in [0.2, 0.25) is 0 Å². The fourth-order valence-electron chi connectivity index (χ4n) is 1.26. The van der Waals surface area contributed by atoms with Gasteiger partial charge in [-0.1, -0.05) is 32.0 Å². The molecule has 3 heteroatoms. The average Bonchev–Trinajstić information content (AvgIpc) is 2.18. The molecule has 0 fully saturated rings.